The molecule has 2 nitrogen and oxygen atoms in total. The highest BCUT2D eigenvalue weighted by molar-refractivity contribution is 7.56. The predicted octanol–water partition coefficient (Wildman–Crippen LogP) is 3.89. The summed E-state index contributed by atoms with van der Waals surface area (Å²) in [5.41, 5.74) is 0.309. The number of likely N-dealkylation sites (tertiary alicyclic amines) is 1. The lowest BCUT2D eigenvalue weighted by Gasteiger charge is -2.38. The van der Waals surface area contributed by atoms with Gasteiger partial charge in [-0.2, -0.15) is 0 Å². The fourth-order valence-electron chi connectivity index (χ4n) is 2.44. The monoisotopic (exact) mass is 257 g/mol. The van der Waals surface area contributed by atoms with Crippen LogP contribution in [0.3, 0.4) is 0 Å². The second-order valence-electron chi connectivity index (χ2n) is 6.61. The normalized spacial score (nSPS) is 20.6. The fourth-order valence-corrected chi connectivity index (χ4v) is 4.15. The van der Waals surface area contributed by atoms with Gasteiger partial charge in [0.1, 0.15) is 0 Å². The van der Waals surface area contributed by atoms with Crippen LogP contribution in [-0.2, 0) is 4.79 Å². The summed E-state index contributed by atoms with van der Waals surface area (Å²) in [5, 5.41) is 0. The van der Waals surface area contributed by atoms with E-state index in [2.05, 4.69) is 39.0 Å². The van der Waals surface area contributed by atoms with Gasteiger partial charge in [0, 0.05) is 13.0 Å². The molecule has 1 unspecified atom stereocenters. The smallest absolute Gasteiger partial charge is 0.223 e. The van der Waals surface area contributed by atoms with E-state index >= 15 is 0 Å². The Kier molecular flexibility index (Phi) is 5.44. The number of carbonyl (C=O) groups excluding carboxylic acids is 1. The Morgan fingerprint density at radius 2 is 1.88 bits per heavy atom. The third-order valence-electron chi connectivity index (χ3n) is 3.36. The molecule has 0 aliphatic carbocycles. The summed E-state index contributed by atoms with van der Waals surface area (Å²) >= 11 is 0. The van der Waals surface area contributed by atoms with E-state index < -0.39 is 0 Å². The standard InChI is InChI=1S/C14H28NOP/c1-14(2,3)11-13(17(4)5)15-10-8-6-7-9-12(15)16/h13H,6-11H2,1-5H3. The first-order valence-corrected chi connectivity index (χ1v) is 9.08. The van der Waals surface area contributed by atoms with E-state index in [9.17, 15) is 4.79 Å². The highest BCUT2D eigenvalue weighted by atomic mass is 31.1. The van der Waals surface area contributed by atoms with Crippen molar-refractivity contribution in [3.63, 3.8) is 0 Å². The zero-order chi connectivity index (χ0) is 13.1. The maximum atomic E-state index is 12.2. The summed E-state index contributed by atoms with van der Waals surface area (Å²) in [6, 6.07) is 0. The van der Waals surface area contributed by atoms with Crippen molar-refractivity contribution in [2.75, 3.05) is 19.9 Å². The summed E-state index contributed by atoms with van der Waals surface area (Å²) in [4.78, 5) is 14.4. The highest BCUT2D eigenvalue weighted by Gasteiger charge is 2.30. The van der Waals surface area contributed by atoms with E-state index in [0.29, 0.717) is 17.1 Å². The maximum Gasteiger partial charge on any atom is 0.223 e. The van der Waals surface area contributed by atoms with Gasteiger partial charge < -0.3 is 4.90 Å². The van der Waals surface area contributed by atoms with Gasteiger partial charge in [-0.3, -0.25) is 4.79 Å². The van der Waals surface area contributed by atoms with Crippen molar-refractivity contribution in [3.05, 3.63) is 0 Å². The molecule has 0 bridgehead atoms. The van der Waals surface area contributed by atoms with Crippen molar-refractivity contribution in [1.29, 1.82) is 0 Å². The van der Waals surface area contributed by atoms with Crippen LogP contribution in [0.4, 0.5) is 0 Å². The molecule has 1 aliphatic heterocycles. The lowest BCUT2D eigenvalue weighted by atomic mass is 9.92. The topological polar surface area (TPSA) is 20.3 Å². The minimum atomic E-state index is -0.0844. The maximum absolute atomic E-state index is 12.2. The Hall–Kier alpha value is -0.100. The average Bonchev–Trinajstić information content (AvgIpc) is 2.38. The van der Waals surface area contributed by atoms with Crippen LogP contribution < -0.4 is 0 Å². The zero-order valence-corrected chi connectivity index (χ0v) is 13.0. The molecule has 1 rings (SSSR count). The third kappa shape index (κ3) is 4.95. The lowest BCUT2D eigenvalue weighted by molar-refractivity contribution is -0.131. The summed E-state index contributed by atoms with van der Waals surface area (Å²) in [6.45, 7) is 12.4. The second kappa shape index (κ2) is 6.18. The summed E-state index contributed by atoms with van der Waals surface area (Å²) < 4.78 is 0. The molecule has 0 aromatic carbocycles. The molecule has 1 atom stereocenters. The molecule has 17 heavy (non-hydrogen) atoms. The van der Waals surface area contributed by atoms with Gasteiger partial charge in [-0.05, 0) is 38.0 Å². The molecule has 0 aromatic heterocycles. The van der Waals surface area contributed by atoms with Crippen LogP contribution in [0.5, 0.6) is 0 Å². The van der Waals surface area contributed by atoms with Crippen molar-refractivity contribution >= 4 is 13.8 Å². The molecule has 1 aliphatic rings. The average molecular weight is 257 g/mol. The van der Waals surface area contributed by atoms with Crippen molar-refractivity contribution in [1.82, 2.24) is 4.90 Å². The molecule has 0 aromatic rings. The van der Waals surface area contributed by atoms with Crippen molar-refractivity contribution in [2.24, 2.45) is 5.41 Å². The number of hydrogen-bond donors (Lipinski definition) is 0. The molecule has 1 amide bonds. The van der Waals surface area contributed by atoms with E-state index in [-0.39, 0.29) is 7.92 Å². The van der Waals surface area contributed by atoms with Gasteiger partial charge in [-0.1, -0.05) is 35.1 Å². The Labute approximate surface area is 108 Å². The summed E-state index contributed by atoms with van der Waals surface area (Å²) in [5.74, 6) is 0.878. The van der Waals surface area contributed by atoms with Crippen molar-refractivity contribution in [3.8, 4) is 0 Å². The molecule has 0 N–H and O–H groups in total. The molecular formula is C14H28NOP. The molecule has 1 fully saturated rings. The van der Waals surface area contributed by atoms with Gasteiger partial charge >= 0.3 is 0 Å². The fraction of sp³-hybridized carbons (Fsp3) is 0.929. The minimum absolute atomic E-state index is 0.0844. The van der Waals surface area contributed by atoms with E-state index in [1.807, 2.05) is 0 Å². The SMILES string of the molecule is CP(C)C(CC(C)(C)C)N1CCCCCC1=O. The molecule has 0 radical (unpaired) electrons. The Balaban J connectivity index is 2.77. The minimum Gasteiger partial charge on any atom is -0.336 e. The van der Waals surface area contributed by atoms with Crippen LogP contribution in [0.1, 0.15) is 52.9 Å². The third-order valence-corrected chi connectivity index (χ3v) is 5.01. The molecule has 1 saturated heterocycles. The van der Waals surface area contributed by atoms with Crippen molar-refractivity contribution < 1.29 is 4.79 Å². The zero-order valence-electron chi connectivity index (χ0n) is 12.1. The van der Waals surface area contributed by atoms with E-state index in [1.165, 1.54) is 12.8 Å². The first-order chi connectivity index (χ1) is 7.81. The van der Waals surface area contributed by atoms with Crippen molar-refractivity contribution in [2.45, 2.75) is 58.7 Å². The van der Waals surface area contributed by atoms with Gasteiger partial charge in [-0.15, -0.1) is 0 Å². The van der Waals surface area contributed by atoms with Crippen LogP contribution >= 0.6 is 7.92 Å². The highest BCUT2D eigenvalue weighted by Crippen LogP contribution is 2.42. The summed E-state index contributed by atoms with van der Waals surface area (Å²) in [6.07, 6.45) is 5.40. The van der Waals surface area contributed by atoms with Crippen LogP contribution in [-0.4, -0.2) is 36.5 Å². The van der Waals surface area contributed by atoms with Crippen LogP contribution in [0.25, 0.3) is 0 Å². The first kappa shape index (κ1) is 15.0. The van der Waals surface area contributed by atoms with Gasteiger partial charge in [0.2, 0.25) is 5.91 Å². The number of hydrogen-bond acceptors (Lipinski definition) is 1. The van der Waals surface area contributed by atoms with Gasteiger partial charge in [0.05, 0.1) is 5.78 Å². The van der Waals surface area contributed by atoms with Crippen LogP contribution in [0.2, 0.25) is 0 Å². The van der Waals surface area contributed by atoms with Crippen LogP contribution in [0, 0.1) is 5.41 Å². The molecule has 0 spiro atoms. The number of carbonyl (C=O) groups is 1. The summed E-state index contributed by atoms with van der Waals surface area (Å²) in [7, 11) is -0.0844. The molecule has 0 saturated carbocycles. The number of rotatable bonds is 3. The second-order valence-corrected chi connectivity index (χ2v) is 9.13. The molecule has 3 heteroatoms. The molecule has 100 valence electrons. The van der Waals surface area contributed by atoms with E-state index in [1.54, 1.807) is 0 Å². The molecule has 1 heterocycles. The largest absolute Gasteiger partial charge is 0.336 e. The van der Waals surface area contributed by atoms with E-state index in [4.69, 9.17) is 0 Å². The quantitative estimate of drug-likeness (QED) is 0.702. The number of amides is 1. The Bertz CT molecular complexity index is 257. The van der Waals surface area contributed by atoms with E-state index in [0.717, 1.165) is 25.8 Å². The first-order valence-electron chi connectivity index (χ1n) is 6.77. The lowest BCUT2D eigenvalue weighted by Crippen LogP contribution is -2.40. The van der Waals surface area contributed by atoms with Gasteiger partial charge in [0.15, 0.2) is 0 Å². The van der Waals surface area contributed by atoms with Crippen LogP contribution in [0.15, 0.2) is 0 Å². The Morgan fingerprint density at radius 1 is 1.24 bits per heavy atom. The molecular weight excluding hydrogens is 229 g/mol. The van der Waals surface area contributed by atoms with Gasteiger partial charge in [-0.25, -0.2) is 0 Å². The Morgan fingerprint density at radius 3 is 2.41 bits per heavy atom. The predicted molar refractivity (Wildman–Crippen MR) is 76.8 cm³/mol. The number of nitrogens with zero attached hydrogens (tertiary/aromatic N) is 1. The van der Waals surface area contributed by atoms with Gasteiger partial charge in [0.25, 0.3) is 0 Å².